The van der Waals surface area contributed by atoms with Gasteiger partial charge in [0.2, 0.25) is 0 Å². The van der Waals surface area contributed by atoms with Gasteiger partial charge in [-0.25, -0.2) is 4.98 Å². The summed E-state index contributed by atoms with van der Waals surface area (Å²) in [7, 11) is 0. The molecule has 3 rings (SSSR count). The zero-order valence-electron chi connectivity index (χ0n) is 10.0. The molecule has 1 spiro atoms. The Hall–Kier alpha value is -0.910. The standard InChI is InChI=1S/C12H19N3O2/c1-2-12(16-8-9-17-12)10-14(4-1)6-7-15-5-3-13-11-15/h3,5,11H,1-2,4,6-10H2. The lowest BCUT2D eigenvalue weighted by atomic mass is 10.0. The Balaban J connectivity index is 1.53. The fourth-order valence-corrected chi connectivity index (χ4v) is 2.67. The Kier molecular flexibility index (Phi) is 3.13. The molecule has 1 aromatic heterocycles. The van der Waals surface area contributed by atoms with Gasteiger partial charge in [0, 0.05) is 31.9 Å². The second kappa shape index (κ2) is 4.76. The van der Waals surface area contributed by atoms with Crippen molar-refractivity contribution in [3.8, 4) is 0 Å². The highest BCUT2D eigenvalue weighted by molar-refractivity contribution is 4.84. The summed E-state index contributed by atoms with van der Waals surface area (Å²) < 4.78 is 13.6. The van der Waals surface area contributed by atoms with Gasteiger partial charge in [0.05, 0.1) is 26.1 Å². The average molecular weight is 237 g/mol. The van der Waals surface area contributed by atoms with Gasteiger partial charge in [-0.3, -0.25) is 4.90 Å². The van der Waals surface area contributed by atoms with Crippen molar-refractivity contribution in [3.05, 3.63) is 18.7 Å². The minimum atomic E-state index is -0.298. The van der Waals surface area contributed by atoms with Crippen molar-refractivity contribution in [2.24, 2.45) is 0 Å². The topological polar surface area (TPSA) is 39.5 Å². The maximum absolute atomic E-state index is 5.77. The summed E-state index contributed by atoms with van der Waals surface area (Å²) in [5.41, 5.74) is 0. The lowest BCUT2D eigenvalue weighted by Crippen LogP contribution is -2.49. The van der Waals surface area contributed by atoms with E-state index in [0.717, 1.165) is 52.2 Å². The Morgan fingerprint density at radius 2 is 2.12 bits per heavy atom. The van der Waals surface area contributed by atoms with Crippen LogP contribution in [-0.2, 0) is 16.0 Å². The molecule has 3 heterocycles. The minimum Gasteiger partial charge on any atom is -0.346 e. The summed E-state index contributed by atoms with van der Waals surface area (Å²) in [6, 6.07) is 0. The number of piperidine rings is 1. The largest absolute Gasteiger partial charge is 0.346 e. The number of likely N-dealkylation sites (tertiary alicyclic amines) is 1. The zero-order chi connectivity index (χ0) is 11.6. The fraction of sp³-hybridized carbons (Fsp3) is 0.750. The second-order valence-electron chi connectivity index (χ2n) is 4.79. The smallest absolute Gasteiger partial charge is 0.181 e. The average Bonchev–Trinajstić information content (AvgIpc) is 2.99. The highest BCUT2D eigenvalue weighted by atomic mass is 16.7. The van der Waals surface area contributed by atoms with Crippen LogP contribution in [0.1, 0.15) is 12.8 Å². The van der Waals surface area contributed by atoms with E-state index in [2.05, 4.69) is 14.5 Å². The quantitative estimate of drug-likeness (QED) is 0.776. The molecule has 17 heavy (non-hydrogen) atoms. The Labute approximate surface area is 101 Å². The van der Waals surface area contributed by atoms with E-state index in [-0.39, 0.29) is 5.79 Å². The molecule has 0 saturated carbocycles. The van der Waals surface area contributed by atoms with Crippen molar-refractivity contribution < 1.29 is 9.47 Å². The molecule has 0 aromatic carbocycles. The third-order valence-corrected chi connectivity index (χ3v) is 3.54. The van der Waals surface area contributed by atoms with E-state index < -0.39 is 0 Å². The van der Waals surface area contributed by atoms with Crippen LogP contribution >= 0.6 is 0 Å². The summed E-state index contributed by atoms with van der Waals surface area (Å²) in [5.74, 6) is -0.298. The molecule has 5 nitrogen and oxygen atoms in total. The summed E-state index contributed by atoms with van der Waals surface area (Å²) >= 11 is 0. The minimum absolute atomic E-state index is 0.298. The number of nitrogens with zero attached hydrogens (tertiary/aromatic N) is 3. The summed E-state index contributed by atoms with van der Waals surface area (Å²) in [5, 5.41) is 0. The number of imidazole rings is 1. The molecule has 1 aromatic rings. The summed E-state index contributed by atoms with van der Waals surface area (Å²) in [4.78, 5) is 6.48. The molecule has 0 N–H and O–H groups in total. The molecular weight excluding hydrogens is 218 g/mol. The van der Waals surface area contributed by atoms with Crippen LogP contribution in [0.25, 0.3) is 0 Å². The maximum atomic E-state index is 5.77. The van der Waals surface area contributed by atoms with E-state index in [4.69, 9.17) is 9.47 Å². The van der Waals surface area contributed by atoms with Crippen molar-refractivity contribution in [1.82, 2.24) is 14.5 Å². The fourth-order valence-electron chi connectivity index (χ4n) is 2.67. The SMILES string of the molecule is c1cn(CCN2CCCC3(C2)OCCO3)cn1. The van der Waals surface area contributed by atoms with Crippen LogP contribution in [0.2, 0.25) is 0 Å². The van der Waals surface area contributed by atoms with Crippen LogP contribution in [0.3, 0.4) is 0 Å². The molecule has 0 bridgehead atoms. The van der Waals surface area contributed by atoms with Crippen molar-refractivity contribution in [3.63, 3.8) is 0 Å². The monoisotopic (exact) mass is 237 g/mol. The predicted octanol–water partition coefficient (Wildman–Crippen LogP) is 0.722. The molecule has 0 unspecified atom stereocenters. The van der Waals surface area contributed by atoms with Crippen LogP contribution in [-0.4, -0.2) is 53.1 Å². The summed E-state index contributed by atoms with van der Waals surface area (Å²) in [6.07, 6.45) is 7.88. The van der Waals surface area contributed by atoms with Crippen molar-refractivity contribution >= 4 is 0 Å². The molecule has 2 aliphatic heterocycles. The van der Waals surface area contributed by atoms with Crippen LogP contribution < -0.4 is 0 Å². The Morgan fingerprint density at radius 3 is 2.88 bits per heavy atom. The van der Waals surface area contributed by atoms with Gasteiger partial charge in [-0.15, -0.1) is 0 Å². The van der Waals surface area contributed by atoms with Crippen molar-refractivity contribution in [2.45, 2.75) is 25.2 Å². The highest BCUT2D eigenvalue weighted by Crippen LogP contribution is 2.29. The van der Waals surface area contributed by atoms with Crippen LogP contribution in [0.15, 0.2) is 18.7 Å². The van der Waals surface area contributed by atoms with Crippen LogP contribution in [0.4, 0.5) is 0 Å². The third-order valence-electron chi connectivity index (χ3n) is 3.54. The molecule has 0 radical (unpaired) electrons. The normalized spacial score (nSPS) is 24.5. The number of hydrogen-bond acceptors (Lipinski definition) is 4. The van der Waals surface area contributed by atoms with Gasteiger partial charge < -0.3 is 14.0 Å². The maximum Gasteiger partial charge on any atom is 0.181 e. The molecule has 2 saturated heterocycles. The van der Waals surface area contributed by atoms with Gasteiger partial charge in [-0.05, 0) is 13.0 Å². The van der Waals surface area contributed by atoms with E-state index in [9.17, 15) is 0 Å². The molecule has 2 fully saturated rings. The summed E-state index contributed by atoms with van der Waals surface area (Å²) in [6.45, 7) is 5.55. The van der Waals surface area contributed by atoms with E-state index in [0.29, 0.717) is 0 Å². The lowest BCUT2D eigenvalue weighted by Gasteiger charge is -2.38. The Morgan fingerprint density at radius 1 is 1.24 bits per heavy atom. The van der Waals surface area contributed by atoms with Gasteiger partial charge in [0.1, 0.15) is 0 Å². The highest BCUT2D eigenvalue weighted by Gasteiger charge is 2.40. The van der Waals surface area contributed by atoms with Crippen LogP contribution in [0, 0.1) is 0 Å². The van der Waals surface area contributed by atoms with Gasteiger partial charge in [0.25, 0.3) is 0 Å². The third kappa shape index (κ3) is 2.51. The predicted molar refractivity (Wildman–Crippen MR) is 62.5 cm³/mol. The van der Waals surface area contributed by atoms with Crippen molar-refractivity contribution in [2.75, 3.05) is 32.8 Å². The van der Waals surface area contributed by atoms with E-state index in [1.54, 1.807) is 0 Å². The molecule has 0 aliphatic carbocycles. The molecule has 0 atom stereocenters. The first-order valence-corrected chi connectivity index (χ1v) is 6.32. The number of rotatable bonds is 3. The first-order chi connectivity index (χ1) is 8.36. The molecule has 94 valence electrons. The number of hydrogen-bond donors (Lipinski definition) is 0. The Bertz CT molecular complexity index is 347. The van der Waals surface area contributed by atoms with Gasteiger partial charge >= 0.3 is 0 Å². The first kappa shape index (κ1) is 11.2. The van der Waals surface area contributed by atoms with E-state index in [1.165, 1.54) is 0 Å². The van der Waals surface area contributed by atoms with Gasteiger partial charge in [-0.1, -0.05) is 0 Å². The molecule has 2 aliphatic rings. The van der Waals surface area contributed by atoms with Crippen LogP contribution in [0.5, 0.6) is 0 Å². The van der Waals surface area contributed by atoms with Crippen molar-refractivity contribution in [1.29, 1.82) is 0 Å². The number of ether oxygens (including phenoxy) is 2. The molecular formula is C12H19N3O2. The van der Waals surface area contributed by atoms with E-state index in [1.807, 2.05) is 18.7 Å². The first-order valence-electron chi connectivity index (χ1n) is 6.32. The molecule has 0 amide bonds. The number of aromatic nitrogens is 2. The van der Waals surface area contributed by atoms with E-state index >= 15 is 0 Å². The lowest BCUT2D eigenvalue weighted by molar-refractivity contribution is -0.189. The van der Waals surface area contributed by atoms with Gasteiger partial charge in [0.15, 0.2) is 5.79 Å². The second-order valence-corrected chi connectivity index (χ2v) is 4.79. The zero-order valence-corrected chi connectivity index (χ0v) is 10.0. The molecule has 5 heteroatoms. The van der Waals surface area contributed by atoms with Gasteiger partial charge in [-0.2, -0.15) is 0 Å².